The van der Waals surface area contributed by atoms with E-state index in [4.69, 9.17) is 27.9 Å². The summed E-state index contributed by atoms with van der Waals surface area (Å²) >= 11 is 13.6. The summed E-state index contributed by atoms with van der Waals surface area (Å²) in [6.07, 6.45) is 0. The molecule has 1 aromatic heterocycles. The normalized spacial score (nSPS) is 10.6. The Morgan fingerprint density at radius 1 is 1.41 bits per heavy atom. The first-order valence-electron chi connectivity index (χ1n) is 6.28. The summed E-state index contributed by atoms with van der Waals surface area (Å²) < 4.78 is 11.7. The monoisotopic (exact) mass is 360 g/mol. The number of esters is 1. The van der Waals surface area contributed by atoms with Crippen LogP contribution in [-0.2, 0) is 16.6 Å². The first kappa shape index (κ1) is 17.0. The van der Waals surface area contributed by atoms with E-state index in [-0.39, 0.29) is 6.61 Å². The molecule has 8 heteroatoms. The SMILES string of the molecule is COC(=O)COc1c(Sc2cc(Cl)ccc2Cl)c(C)nn1C. The van der Waals surface area contributed by atoms with Gasteiger partial charge in [-0.3, -0.25) is 0 Å². The zero-order valence-electron chi connectivity index (χ0n) is 12.2. The fourth-order valence-electron chi connectivity index (χ4n) is 1.75. The molecule has 0 aliphatic heterocycles. The van der Waals surface area contributed by atoms with Crippen molar-refractivity contribution in [3.63, 3.8) is 0 Å². The summed E-state index contributed by atoms with van der Waals surface area (Å²) in [6.45, 7) is 1.66. The minimum atomic E-state index is -0.462. The van der Waals surface area contributed by atoms with Crippen LogP contribution in [0.5, 0.6) is 5.88 Å². The van der Waals surface area contributed by atoms with Crippen LogP contribution in [0.2, 0.25) is 10.0 Å². The second-order valence-corrected chi connectivity index (χ2v) is 6.28. The first-order valence-corrected chi connectivity index (χ1v) is 7.85. The van der Waals surface area contributed by atoms with Crippen molar-refractivity contribution in [3.8, 4) is 5.88 Å². The van der Waals surface area contributed by atoms with Gasteiger partial charge in [-0.1, -0.05) is 35.0 Å². The molecule has 1 aromatic carbocycles. The van der Waals surface area contributed by atoms with Crippen LogP contribution in [-0.4, -0.2) is 29.5 Å². The smallest absolute Gasteiger partial charge is 0.343 e. The average molecular weight is 361 g/mol. The van der Waals surface area contributed by atoms with Gasteiger partial charge in [-0.2, -0.15) is 5.10 Å². The molecule has 0 unspecified atom stereocenters. The number of hydrogen-bond donors (Lipinski definition) is 0. The van der Waals surface area contributed by atoms with Crippen LogP contribution in [0, 0.1) is 6.92 Å². The molecule has 0 saturated carbocycles. The van der Waals surface area contributed by atoms with Gasteiger partial charge in [-0.05, 0) is 25.1 Å². The van der Waals surface area contributed by atoms with Crippen molar-refractivity contribution in [2.75, 3.05) is 13.7 Å². The van der Waals surface area contributed by atoms with Crippen LogP contribution in [0.3, 0.4) is 0 Å². The minimum absolute atomic E-state index is 0.188. The Labute approximate surface area is 142 Å². The van der Waals surface area contributed by atoms with E-state index in [1.54, 1.807) is 29.9 Å². The van der Waals surface area contributed by atoms with Crippen molar-refractivity contribution in [2.24, 2.45) is 7.05 Å². The lowest BCUT2D eigenvalue weighted by Gasteiger charge is -2.09. The Kier molecular flexibility index (Phi) is 5.61. The lowest BCUT2D eigenvalue weighted by molar-refractivity contribution is -0.143. The third-order valence-electron chi connectivity index (χ3n) is 2.78. The molecule has 2 aromatic rings. The topological polar surface area (TPSA) is 53.4 Å². The minimum Gasteiger partial charge on any atom is -0.466 e. The molecule has 0 fully saturated rings. The Bertz CT molecular complexity index is 704. The van der Waals surface area contributed by atoms with Gasteiger partial charge in [0.05, 0.1) is 22.7 Å². The summed E-state index contributed by atoms with van der Waals surface area (Å²) in [6, 6.07) is 5.22. The average Bonchev–Trinajstić information content (AvgIpc) is 2.74. The highest BCUT2D eigenvalue weighted by Crippen LogP contribution is 2.41. The van der Waals surface area contributed by atoms with Crippen LogP contribution in [0.4, 0.5) is 0 Å². The highest BCUT2D eigenvalue weighted by atomic mass is 35.5. The quantitative estimate of drug-likeness (QED) is 0.760. The summed E-state index contributed by atoms with van der Waals surface area (Å²) in [5.74, 6) is 0.0135. The van der Waals surface area contributed by atoms with E-state index in [1.807, 2.05) is 6.92 Å². The van der Waals surface area contributed by atoms with Gasteiger partial charge in [0.2, 0.25) is 5.88 Å². The molecule has 118 valence electrons. The number of aromatic nitrogens is 2. The van der Waals surface area contributed by atoms with E-state index in [9.17, 15) is 4.79 Å². The molecule has 0 radical (unpaired) electrons. The fraction of sp³-hybridized carbons (Fsp3) is 0.286. The van der Waals surface area contributed by atoms with E-state index >= 15 is 0 Å². The number of halogens is 2. The highest BCUT2D eigenvalue weighted by Gasteiger charge is 2.18. The van der Waals surface area contributed by atoms with Crippen molar-refractivity contribution >= 4 is 40.9 Å². The van der Waals surface area contributed by atoms with Gasteiger partial charge in [-0.25, -0.2) is 9.48 Å². The van der Waals surface area contributed by atoms with E-state index in [0.29, 0.717) is 15.9 Å². The largest absolute Gasteiger partial charge is 0.466 e. The lowest BCUT2D eigenvalue weighted by atomic mass is 10.4. The van der Waals surface area contributed by atoms with E-state index < -0.39 is 5.97 Å². The molecule has 5 nitrogen and oxygen atoms in total. The molecule has 1 heterocycles. The summed E-state index contributed by atoms with van der Waals surface area (Å²) in [4.78, 5) is 12.8. The van der Waals surface area contributed by atoms with Gasteiger partial charge in [0.25, 0.3) is 0 Å². The third-order valence-corrected chi connectivity index (χ3v) is 4.69. The Morgan fingerprint density at radius 2 is 2.14 bits per heavy atom. The van der Waals surface area contributed by atoms with Crippen molar-refractivity contribution in [2.45, 2.75) is 16.7 Å². The Balaban J connectivity index is 2.30. The maximum Gasteiger partial charge on any atom is 0.343 e. The zero-order valence-corrected chi connectivity index (χ0v) is 14.6. The van der Waals surface area contributed by atoms with Gasteiger partial charge >= 0.3 is 5.97 Å². The first-order chi connectivity index (χ1) is 10.4. The number of benzene rings is 1. The van der Waals surface area contributed by atoms with Crippen molar-refractivity contribution < 1.29 is 14.3 Å². The van der Waals surface area contributed by atoms with E-state index in [0.717, 1.165) is 15.5 Å². The molecule has 0 bridgehead atoms. The fourth-order valence-corrected chi connectivity index (χ4v) is 3.25. The number of aryl methyl sites for hydroxylation is 2. The summed E-state index contributed by atoms with van der Waals surface area (Å²) in [7, 11) is 3.05. The van der Waals surface area contributed by atoms with Gasteiger partial charge in [-0.15, -0.1) is 0 Å². The molecule has 0 spiro atoms. The van der Waals surface area contributed by atoms with E-state index in [1.165, 1.54) is 18.9 Å². The number of rotatable bonds is 5. The Hall–Kier alpha value is -1.37. The molecule has 0 saturated heterocycles. The van der Waals surface area contributed by atoms with Crippen LogP contribution >= 0.6 is 35.0 Å². The Morgan fingerprint density at radius 3 is 2.82 bits per heavy atom. The predicted octanol–water partition coefficient (Wildman–Crippen LogP) is 3.74. The molecule has 0 N–H and O–H groups in total. The molecule has 2 rings (SSSR count). The summed E-state index contributed by atoms with van der Waals surface area (Å²) in [5, 5.41) is 5.47. The molecule has 0 amide bonds. The summed E-state index contributed by atoms with van der Waals surface area (Å²) in [5.41, 5.74) is 0.767. The standard InChI is InChI=1S/C14H14Cl2N2O3S/c1-8-13(22-11-6-9(15)4-5-10(11)16)14(18(2)17-8)21-7-12(19)20-3/h4-6H,7H2,1-3H3. The van der Waals surface area contributed by atoms with Crippen molar-refractivity contribution in [1.29, 1.82) is 0 Å². The molecular weight excluding hydrogens is 347 g/mol. The maximum atomic E-state index is 11.2. The van der Waals surface area contributed by atoms with Gasteiger partial charge in [0, 0.05) is 17.0 Å². The maximum absolute atomic E-state index is 11.2. The number of carbonyl (C=O) groups excluding carboxylic acids is 1. The number of hydrogen-bond acceptors (Lipinski definition) is 5. The van der Waals surface area contributed by atoms with Crippen LogP contribution in [0.15, 0.2) is 28.0 Å². The molecular formula is C14H14Cl2N2O3S. The van der Waals surface area contributed by atoms with Gasteiger partial charge < -0.3 is 9.47 Å². The number of methoxy groups -OCH3 is 1. The molecule has 0 aliphatic rings. The van der Waals surface area contributed by atoms with Crippen molar-refractivity contribution in [3.05, 3.63) is 33.9 Å². The number of carbonyl (C=O) groups is 1. The zero-order chi connectivity index (χ0) is 16.3. The number of ether oxygens (including phenoxy) is 2. The third kappa shape index (κ3) is 3.88. The molecule has 22 heavy (non-hydrogen) atoms. The highest BCUT2D eigenvalue weighted by molar-refractivity contribution is 7.99. The predicted molar refractivity (Wildman–Crippen MR) is 86.0 cm³/mol. The van der Waals surface area contributed by atoms with Crippen LogP contribution < -0.4 is 4.74 Å². The second kappa shape index (κ2) is 7.26. The van der Waals surface area contributed by atoms with Gasteiger partial charge in [0.15, 0.2) is 6.61 Å². The van der Waals surface area contributed by atoms with Gasteiger partial charge in [0.1, 0.15) is 0 Å². The van der Waals surface area contributed by atoms with Crippen LogP contribution in [0.25, 0.3) is 0 Å². The lowest BCUT2D eigenvalue weighted by Crippen LogP contribution is -2.14. The van der Waals surface area contributed by atoms with Crippen LogP contribution in [0.1, 0.15) is 5.69 Å². The number of nitrogens with zero attached hydrogens (tertiary/aromatic N) is 2. The molecule has 0 aliphatic carbocycles. The second-order valence-electron chi connectivity index (χ2n) is 4.38. The van der Waals surface area contributed by atoms with Crippen molar-refractivity contribution in [1.82, 2.24) is 9.78 Å². The molecule has 0 atom stereocenters. The van der Waals surface area contributed by atoms with E-state index in [2.05, 4.69) is 9.84 Å².